The van der Waals surface area contributed by atoms with E-state index in [0.29, 0.717) is 33.3 Å². The number of nitrogens with one attached hydrogen (secondary N) is 2. The van der Waals surface area contributed by atoms with Gasteiger partial charge in [0, 0.05) is 17.6 Å². The first-order valence-corrected chi connectivity index (χ1v) is 7.97. The molecule has 2 N–H and O–H groups in total. The van der Waals surface area contributed by atoms with Crippen molar-refractivity contribution in [1.82, 2.24) is 10.2 Å². The van der Waals surface area contributed by atoms with E-state index in [1.165, 1.54) is 0 Å². The minimum absolute atomic E-state index is 0.121. The number of rotatable bonds is 5. The Kier molecular flexibility index (Phi) is 6.14. The van der Waals surface area contributed by atoms with Crippen molar-refractivity contribution in [3.8, 4) is 0 Å². The number of hydrogen-bond donors (Lipinski definition) is 2. The van der Waals surface area contributed by atoms with Gasteiger partial charge in [-0.15, -0.1) is 0 Å². The van der Waals surface area contributed by atoms with Crippen LogP contribution in [0.4, 0.5) is 5.69 Å². The molecule has 7 heteroatoms. The fourth-order valence-corrected chi connectivity index (χ4v) is 3.51. The Morgan fingerprint density at radius 2 is 2.00 bits per heavy atom. The van der Waals surface area contributed by atoms with Gasteiger partial charge in [-0.05, 0) is 38.6 Å². The van der Waals surface area contributed by atoms with Crippen molar-refractivity contribution in [1.29, 1.82) is 0 Å². The Labute approximate surface area is 139 Å². The molecule has 21 heavy (non-hydrogen) atoms. The van der Waals surface area contributed by atoms with Crippen LogP contribution < -0.4 is 10.6 Å². The summed E-state index contributed by atoms with van der Waals surface area (Å²) in [7, 11) is 1.92. The largest absolute Gasteiger partial charge is 0.322 e. The molecule has 1 atom stereocenters. The summed E-state index contributed by atoms with van der Waals surface area (Å²) in [6.45, 7) is 2.15. The number of anilines is 1. The molecule has 1 aliphatic heterocycles. The smallest absolute Gasteiger partial charge is 0.238 e. The van der Waals surface area contributed by atoms with Gasteiger partial charge >= 0.3 is 0 Å². The van der Waals surface area contributed by atoms with E-state index in [9.17, 15) is 4.79 Å². The number of likely N-dealkylation sites (tertiary alicyclic amines) is 1. The van der Waals surface area contributed by atoms with Crippen LogP contribution in [0.25, 0.3) is 0 Å². The molecule has 0 aliphatic carbocycles. The van der Waals surface area contributed by atoms with Crippen LogP contribution in [0.15, 0.2) is 12.1 Å². The van der Waals surface area contributed by atoms with E-state index in [-0.39, 0.29) is 5.91 Å². The molecule has 0 radical (unpaired) electrons. The van der Waals surface area contributed by atoms with Crippen molar-refractivity contribution in [2.24, 2.45) is 0 Å². The van der Waals surface area contributed by atoms with Crippen LogP contribution in [0.3, 0.4) is 0 Å². The van der Waals surface area contributed by atoms with Crippen molar-refractivity contribution in [3.63, 3.8) is 0 Å². The van der Waals surface area contributed by atoms with Gasteiger partial charge in [0.15, 0.2) is 0 Å². The molecule has 4 nitrogen and oxygen atoms in total. The van der Waals surface area contributed by atoms with Gasteiger partial charge in [0.2, 0.25) is 5.91 Å². The monoisotopic (exact) mass is 349 g/mol. The number of halogens is 3. The van der Waals surface area contributed by atoms with Crippen LogP contribution in [0, 0.1) is 0 Å². The Morgan fingerprint density at radius 1 is 1.33 bits per heavy atom. The fraction of sp³-hybridized carbons (Fsp3) is 0.500. The Bertz CT molecular complexity index is 501. The summed E-state index contributed by atoms with van der Waals surface area (Å²) >= 11 is 18.0. The average molecular weight is 351 g/mol. The lowest BCUT2D eigenvalue weighted by Gasteiger charge is -2.23. The predicted octanol–water partition coefficient (Wildman–Crippen LogP) is 3.27. The summed E-state index contributed by atoms with van der Waals surface area (Å²) in [6, 6.07) is 3.52. The van der Waals surface area contributed by atoms with Crippen molar-refractivity contribution >= 4 is 46.4 Å². The molecule has 1 aliphatic rings. The van der Waals surface area contributed by atoms with Crippen LogP contribution >= 0.6 is 34.8 Å². The Morgan fingerprint density at radius 3 is 2.62 bits per heavy atom. The summed E-state index contributed by atoms with van der Waals surface area (Å²) in [6.07, 6.45) is 2.22. The van der Waals surface area contributed by atoms with E-state index in [1.54, 1.807) is 12.1 Å². The molecule has 1 aromatic rings. The standard InChI is InChI=1S/C14H18Cl3N3O/c1-18-7-10-3-2-4-20(10)8-13(21)19-14-11(16)5-9(15)6-12(14)17/h5-6,10,18H,2-4,7-8H2,1H3,(H,19,21). The van der Waals surface area contributed by atoms with E-state index in [0.717, 1.165) is 25.9 Å². The quantitative estimate of drug-likeness (QED) is 0.856. The second kappa shape index (κ2) is 7.65. The molecule has 1 amide bonds. The molecule has 116 valence electrons. The number of nitrogens with zero attached hydrogens (tertiary/aromatic N) is 1. The molecule has 2 rings (SSSR count). The molecule has 0 spiro atoms. The van der Waals surface area contributed by atoms with Crippen molar-refractivity contribution in [3.05, 3.63) is 27.2 Å². The normalized spacial score (nSPS) is 19.0. The van der Waals surface area contributed by atoms with Crippen LogP contribution in [-0.2, 0) is 4.79 Å². The third kappa shape index (κ3) is 4.47. The number of carbonyl (C=O) groups excluding carboxylic acids is 1. The minimum atomic E-state index is -0.121. The summed E-state index contributed by atoms with van der Waals surface area (Å²) < 4.78 is 0. The van der Waals surface area contributed by atoms with E-state index >= 15 is 0 Å². The average Bonchev–Trinajstić information content (AvgIpc) is 2.82. The second-order valence-corrected chi connectivity index (χ2v) is 6.37. The number of hydrogen-bond acceptors (Lipinski definition) is 3. The van der Waals surface area contributed by atoms with Crippen molar-refractivity contribution in [2.45, 2.75) is 18.9 Å². The highest BCUT2D eigenvalue weighted by atomic mass is 35.5. The molecule has 0 saturated carbocycles. The summed E-state index contributed by atoms with van der Waals surface area (Å²) in [5.74, 6) is -0.121. The Balaban J connectivity index is 1.99. The fourth-order valence-electron chi connectivity index (χ4n) is 2.60. The first kappa shape index (κ1) is 16.8. The van der Waals surface area contributed by atoms with Gasteiger partial charge in [-0.25, -0.2) is 0 Å². The SMILES string of the molecule is CNCC1CCCN1CC(=O)Nc1c(Cl)cc(Cl)cc1Cl. The number of benzene rings is 1. The van der Waals surface area contributed by atoms with E-state index in [1.807, 2.05) is 7.05 Å². The molecular formula is C14H18Cl3N3O. The number of likely N-dealkylation sites (N-methyl/N-ethyl adjacent to an activating group) is 1. The predicted molar refractivity (Wildman–Crippen MR) is 88.6 cm³/mol. The number of carbonyl (C=O) groups is 1. The minimum Gasteiger partial charge on any atom is -0.322 e. The Hall–Kier alpha value is -0.520. The van der Waals surface area contributed by atoms with Crippen LogP contribution in [0.2, 0.25) is 15.1 Å². The number of amides is 1. The molecule has 0 bridgehead atoms. The van der Waals surface area contributed by atoms with Crippen LogP contribution in [-0.4, -0.2) is 43.5 Å². The van der Waals surface area contributed by atoms with Gasteiger partial charge in [-0.3, -0.25) is 9.69 Å². The highest BCUT2D eigenvalue weighted by molar-refractivity contribution is 6.42. The zero-order valence-corrected chi connectivity index (χ0v) is 14.0. The lowest BCUT2D eigenvalue weighted by Crippen LogP contribution is -2.41. The van der Waals surface area contributed by atoms with E-state index in [4.69, 9.17) is 34.8 Å². The topological polar surface area (TPSA) is 44.4 Å². The third-order valence-electron chi connectivity index (χ3n) is 3.56. The van der Waals surface area contributed by atoms with Gasteiger partial charge in [0.25, 0.3) is 0 Å². The summed E-state index contributed by atoms with van der Waals surface area (Å²) in [5, 5.41) is 7.05. The molecule has 1 saturated heterocycles. The van der Waals surface area contributed by atoms with E-state index in [2.05, 4.69) is 15.5 Å². The highest BCUT2D eigenvalue weighted by Gasteiger charge is 2.25. The molecular weight excluding hydrogens is 333 g/mol. The molecule has 1 aromatic carbocycles. The first-order chi connectivity index (χ1) is 10.0. The summed E-state index contributed by atoms with van der Waals surface area (Å²) in [5.41, 5.74) is 0.414. The van der Waals surface area contributed by atoms with Gasteiger partial charge in [-0.2, -0.15) is 0 Å². The summed E-state index contributed by atoms with van der Waals surface area (Å²) in [4.78, 5) is 14.4. The second-order valence-electron chi connectivity index (χ2n) is 5.12. The van der Waals surface area contributed by atoms with Crippen molar-refractivity contribution < 1.29 is 4.79 Å². The van der Waals surface area contributed by atoms with Gasteiger partial charge in [0.1, 0.15) is 0 Å². The molecule has 1 unspecified atom stereocenters. The zero-order valence-electron chi connectivity index (χ0n) is 11.8. The van der Waals surface area contributed by atoms with Gasteiger partial charge in [-0.1, -0.05) is 34.8 Å². The highest BCUT2D eigenvalue weighted by Crippen LogP contribution is 2.33. The maximum Gasteiger partial charge on any atom is 0.238 e. The van der Waals surface area contributed by atoms with Gasteiger partial charge in [0.05, 0.1) is 22.3 Å². The third-order valence-corrected chi connectivity index (χ3v) is 4.37. The van der Waals surface area contributed by atoms with Crippen LogP contribution in [0.5, 0.6) is 0 Å². The molecule has 1 heterocycles. The molecule has 1 fully saturated rings. The van der Waals surface area contributed by atoms with Crippen LogP contribution in [0.1, 0.15) is 12.8 Å². The maximum atomic E-state index is 12.2. The lowest BCUT2D eigenvalue weighted by molar-refractivity contribution is -0.117. The molecule has 0 aromatic heterocycles. The first-order valence-electron chi connectivity index (χ1n) is 6.84. The van der Waals surface area contributed by atoms with Crippen molar-refractivity contribution in [2.75, 3.05) is 32.0 Å². The van der Waals surface area contributed by atoms with Gasteiger partial charge < -0.3 is 10.6 Å². The zero-order chi connectivity index (χ0) is 15.4. The van der Waals surface area contributed by atoms with E-state index < -0.39 is 0 Å². The maximum absolute atomic E-state index is 12.2. The lowest BCUT2D eigenvalue weighted by atomic mass is 10.2.